The van der Waals surface area contributed by atoms with Gasteiger partial charge < -0.3 is 0 Å². The number of hydrogen-bond donors (Lipinski definition) is 0. The molecule has 6 nitrogen and oxygen atoms in total. The fraction of sp³-hybridized carbons (Fsp3) is 0. The Balaban J connectivity index is 0.000000157. The number of aromatic nitrogens is 6. The van der Waals surface area contributed by atoms with Gasteiger partial charge in [-0.25, -0.2) is 0 Å². The summed E-state index contributed by atoms with van der Waals surface area (Å²) in [6, 6.07) is 95.9. The van der Waals surface area contributed by atoms with Gasteiger partial charge in [-0.2, -0.15) is 0 Å². The Morgan fingerprint density at radius 1 is 0.143 bits per heavy atom. The highest BCUT2D eigenvalue weighted by Crippen LogP contribution is 2.39. The van der Waals surface area contributed by atoms with Crippen molar-refractivity contribution in [1.29, 1.82) is 0 Å². The van der Waals surface area contributed by atoms with Crippen LogP contribution in [0.25, 0.3) is 134 Å². The Morgan fingerprint density at radius 3 is 0.560 bits per heavy atom. The first-order valence-corrected chi connectivity index (χ1v) is 28.0. The lowest BCUT2D eigenvalue weighted by Crippen LogP contribution is -1.89. The summed E-state index contributed by atoms with van der Waals surface area (Å²) in [5, 5.41) is 0. The first-order valence-electron chi connectivity index (χ1n) is 28.0. The maximum absolute atomic E-state index is 4.58. The van der Waals surface area contributed by atoms with E-state index in [0.29, 0.717) is 0 Å². The van der Waals surface area contributed by atoms with Crippen LogP contribution in [0, 0.1) is 0 Å². The van der Waals surface area contributed by atoms with Gasteiger partial charge in [-0.1, -0.05) is 146 Å². The molecule has 0 N–H and O–H groups in total. The van der Waals surface area contributed by atoms with E-state index in [1.54, 1.807) is 0 Å². The number of hydrogen-bond acceptors (Lipinski definition) is 6. The van der Waals surface area contributed by atoms with Gasteiger partial charge in [0.25, 0.3) is 0 Å². The molecule has 8 aromatic carbocycles. The second-order valence-electron chi connectivity index (χ2n) is 20.5. The second kappa shape index (κ2) is 24.6. The molecule has 6 heterocycles. The summed E-state index contributed by atoms with van der Waals surface area (Å²) < 4.78 is 0. The molecule has 0 unspecified atom stereocenters. The van der Waals surface area contributed by atoms with Crippen LogP contribution in [-0.4, -0.2) is 29.9 Å². The quantitative estimate of drug-likeness (QED) is 0.121. The van der Waals surface area contributed by atoms with Gasteiger partial charge in [-0.05, 0) is 211 Å². The molecule has 0 aliphatic rings. The van der Waals surface area contributed by atoms with Crippen molar-refractivity contribution in [2.45, 2.75) is 0 Å². The Hall–Kier alpha value is -11.3. The molecule has 0 aliphatic heterocycles. The van der Waals surface area contributed by atoms with Crippen LogP contribution < -0.4 is 0 Å². The van der Waals surface area contributed by atoms with Gasteiger partial charge in [0.05, 0.1) is 17.1 Å². The molecule has 14 rings (SSSR count). The van der Waals surface area contributed by atoms with Crippen molar-refractivity contribution < 1.29 is 0 Å². The topological polar surface area (TPSA) is 77.3 Å². The molecule has 0 radical (unpaired) electrons. The van der Waals surface area contributed by atoms with E-state index in [0.717, 1.165) is 134 Å². The van der Waals surface area contributed by atoms with Crippen LogP contribution in [0.3, 0.4) is 0 Å². The van der Waals surface area contributed by atoms with Crippen LogP contribution in [0.4, 0.5) is 0 Å². The molecule has 84 heavy (non-hydrogen) atoms. The average Bonchev–Trinajstić information content (AvgIpc) is 3.58. The first-order chi connectivity index (χ1) is 41.6. The third-order valence-corrected chi connectivity index (χ3v) is 14.9. The highest BCUT2D eigenvalue weighted by atomic mass is 14.7. The summed E-state index contributed by atoms with van der Waals surface area (Å²) >= 11 is 0. The van der Waals surface area contributed by atoms with E-state index in [4.69, 9.17) is 0 Å². The van der Waals surface area contributed by atoms with Crippen molar-refractivity contribution in [1.82, 2.24) is 29.9 Å². The number of pyridine rings is 6. The lowest BCUT2D eigenvalue weighted by molar-refractivity contribution is 1.33. The number of benzene rings is 8. The van der Waals surface area contributed by atoms with Gasteiger partial charge >= 0.3 is 0 Å². The molecule has 6 aromatic heterocycles. The molecule has 14 aromatic rings. The molecule has 0 amide bonds. The van der Waals surface area contributed by atoms with Crippen molar-refractivity contribution in [3.05, 3.63) is 329 Å². The normalized spacial score (nSPS) is 10.9. The summed E-state index contributed by atoms with van der Waals surface area (Å²) in [4.78, 5) is 26.7. The van der Waals surface area contributed by atoms with Crippen LogP contribution in [0.5, 0.6) is 0 Å². The molecule has 0 saturated carbocycles. The number of rotatable bonds is 12. The smallest absolute Gasteiger partial charge is 0.0702 e. The minimum Gasteiger partial charge on any atom is -0.264 e. The maximum atomic E-state index is 4.58. The Kier molecular flexibility index (Phi) is 15.2. The van der Waals surface area contributed by atoms with E-state index in [1.807, 2.05) is 129 Å². The zero-order valence-electron chi connectivity index (χ0n) is 45.9. The Morgan fingerprint density at radius 2 is 0.345 bits per heavy atom. The zero-order valence-corrected chi connectivity index (χ0v) is 45.9. The van der Waals surface area contributed by atoms with E-state index in [2.05, 4.69) is 230 Å². The monoisotopic (exact) mass is 1070 g/mol. The molecule has 396 valence electrons. The molecule has 0 aliphatic carbocycles. The second-order valence-corrected chi connectivity index (χ2v) is 20.5. The minimum absolute atomic E-state index is 0.960. The third-order valence-electron chi connectivity index (χ3n) is 14.9. The van der Waals surface area contributed by atoms with Crippen molar-refractivity contribution >= 4 is 0 Å². The first kappa shape index (κ1) is 52.1. The van der Waals surface area contributed by atoms with Crippen molar-refractivity contribution in [2.24, 2.45) is 0 Å². The van der Waals surface area contributed by atoms with Crippen molar-refractivity contribution in [3.8, 4) is 134 Å². The van der Waals surface area contributed by atoms with Crippen LogP contribution in [-0.2, 0) is 0 Å². The zero-order chi connectivity index (χ0) is 56.3. The molecule has 0 bridgehead atoms. The molecule has 6 heteroatoms. The standard InChI is InChI=1S/2C39H27N3/c1-7-28(34-13-4-16-40-25-34)19-31(10-1)37-22-38(32-11-2-8-29(20-32)35-14-5-17-41-26-35)24-39(23-37)33-12-3-9-30(21-33)36-15-6-18-42-27-36;1-4-19-40-37(16-1)31-13-7-10-28(22-31)34-25-35(29-11-8-14-32(23-29)38-17-2-5-20-41-38)27-36(26-34)30-12-9-15-33(24-30)39-18-3-6-21-42-39/h2*1-27H. The lowest BCUT2D eigenvalue weighted by Gasteiger charge is -2.14. The lowest BCUT2D eigenvalue weighted by atomic mass is 9.91. The fourth-order valence-electron chi connectivity index (χ4n) is 10.7. The minimum atomic E-state index is 0.960. The van der Waals surface area contributed by atoms with Crippen molar-refractivity contribution in [2.75, 3.05) is 0 Å². The van der Waals surface area contributed by atoms with Gasteiger partial charge in [0.2, 0.25) is 0 Å². The van der Waals surface area contributed by atoms with E-state index in [1.165, 1.54) is 0 Å². The molecular formula is C78H54N6. The summed E-state index contributed by atoms with van der Waals surface area (Å²) in [6.45, 7) is 0. The van der Waals surface area contributed by atoms with Crippen molar-refractivity contribution in [3.63, 3.8) is 0 Å². The highest BCUT2D eigenvalue weighted by molar-refractivity contribution is 5.87. The Labute approximate surface area is 489 Å². The number of nitrogens with zero attached hydrogens (tertiary/aromatic N) is 6. The predicted octanol–water partition coefficient (Wildman–Crippen LogP) is 19.7. The van der Waals surface area contributed by atoms with Gasteiger partial charge in [-0.15, -0.1) is 0 Å². The van der Waals surface area contributed by atoms with E-state index in [-0.39, 0.29) is 0 Å². The fourth-order valence-corrected chi connectivity index (χ4v) is 10.7. The molecule has 0 atom stereocenters. The van der Waals surface area contributed by atoms with Gasteiger partial charge in [0.15, 0.2) is 0 Å². The van der Waals surface area contributed by atoms with Crippen LogP contribution in [0.15, 0.2) is 329 Å². The molecule has 0 saturated heterocycles. The summed E-state index contributed by atoms with van der Waals surface area (Å²) in [5.41, 5.74) is 26.7. The van der Waals surface area contributed by atoms with E-state index in [9.17, 15) is 0 Å². The molecular weight excluding hydrogens is 1020 g/mol. The van der Waals surface area contributed by atoms with Crippen LogP contribution >= 0.6 is 0 Å². The Bertz CT molecular complexity index is 3740. The largest absolute Gasteiger partial charge is 0.264 e. The predicted molar refractivity (Wildman–Crippen MR) is 345 cm³/mol. The molecule has 0 fully saturated rings. The average molecular weight is 1080 g/mol. The highest BCUT2D eigenvalue weighted by Gasteiger charge is 2.14. The molecule has 0 spiro atoms. The summed E-state index contributed by atoms with van der Waals surface area (Å²) in [6.07, 6.45) is 16.7. The third kappa shape index (κ3) is 12.1. The van der Waals surface area contributed by atoms with E-state index < -0.39 is 0 Å². The van der Waals surface area contributed by atoms with Crippen LogP contribution in [0.2, 0.25) is 0 Å². The maximum Gasteiger partial charge on any atom is 0.0702 e. The summed E-state index contributed by atoms with van der Waals surface area (Å²) in [7, 11) is 0. The van der Waals surface area contributed by atoms with Gasteiger partial charge in [-0.3, -0.25) is 29.9 Å². The SMILES string of the molecule is c1ccc(-c2cccc(-c3cc(-c4cccc(-c5ccccn5)c4)cc(-c4cccc(-c5ccccn5)c4)c3)c2)nc1.c1cncc(-c2cccc(-c3cc(-c4cccc(-c5cccnc5)c4)cc(-c4cccc(-c5cccnc5)c4)c3)c2)c1. The van der Waals surface area contributed by atoms with Gasteiger partial charge in [0.1, 0.15) is 0 Å². The van der Waals surface area contributed by atoms with Crippen LogP contribution in [0.1, 0.15) is 0 Å². The van der Waals surface area contributed by atoms with E-state index >= 15 is 0 Å². The summed E-state index contributed by atoms with van der Waals surface area (Å²) in [5.74, 6) is 0. The van der Waals surface area contributed by atoms with Gasteiger partial charge in [0, 0.05) is 89.2 Å².